The second-order valence-electron chi connectivity index (χ2n) is 4.42. The molecule has 2 N–H and O–H groups in total. The number of aromatic carboxylic acids is 1. The fourth-order valence-corrected chi connectivity index (χ4v) is 2.06. The Labute approximate surface area is 115 Å². The van der Waals surface area contributed by atoms with E-state index in [2.05, 4.69) is 10.2 Å². The number of carboxylic acid groups (broad SMARTS) is 1. The normalized spacial score (nSPS) is 11.2. The number of nitrogens with zero attached hydrogens (tertiary/aromatic N) is 1. The number of fused-ring (bicyclic) bond motifs is 1. The number of aromatic amines is 1. The predicted octanol–water partition coefficient (Wildman–Crippen LogP) is 3.43. The highest BCUT2D eigenvalue weighted by Crippen LogP contribution is 2.17. The van der Waals surface area contributed by atoms with Gasteiger partial charge in [-0.3, -0.25) is 5.10 Å². The van der Waals surface area contributed by atoms with Crippen molar-refractivity contribution >= 4 is 29.0 Å². The minimum absolute atomic E-state index is 0.277. The van der Waals surface area contributed by atoms with Crippen molar-refractivity contribution in [2.45, 2.75) is 0 Å². The van der Waals surface area contributed by atoms with E-state index in [9.17, 15) is 4.79 Å². The van der Waals surface area contributed by atoms with Crippen molar-refractivity contribution < 1.29 is 9.90 Å². The van der Waals surface area contributed by atoms with Crippen molar-refractivity contribution in [2.24, 2.45) is 0 Å². The molecular weight excluding hydrogens is 252 g/mol. The third-order valence-corrected chi connectivity index (χ3v) is 3.07. The van der Waals surface area contributed by atoms with Crippen molar-refractivity contribution in [3.05, 3.63) is 65.4 Å². The summed E-state index contributed by atoms with van der Waals surface area (Å²) in [6.45, 7) is 0. The molecule has 0 spiro atoms. The van der Waals surface area contributed by atoms with Gasteiger partial charge < -0.3 is 5.11 Å². The fraction of sp³-hybridized carbons (Fsp3) is 0. The SMILES string of the molecule is O=C(O)c1cccc(C=Cc2n[nH]c3ccccc23)c1. The molecule has 4 heteroatoms. The topological polar surface area (TPSA) is 66.0 Å². The molecule has 0 bridgehead atoms. The van der Waals surface area contributed by atoms with Crippen molar-refractivity contribution in [3.63, 3.8) is 0 Å². The molecule has 4 nitrogen and oxygen atoms in total. The van der Waals surface area contributed by atoms with Gasteiger partial charge in [0.25, 0.3) is 0 Å². The summed E-state index contributed by atoms with van der Waals surface area (Å²) in [5.41, 5.74) is 2.92. The largest absolute Gasteiger partial charge is 0.478 e. The molecule has 1 heterocycles. The van der Waals surface area contributed by atoms with Crippen LogP contribution in [-0.4, -0.2) is 21.3 Å². The summed E-state index contributed by atoms with van der Waals surface area (Å²) in [5.74, 6) is -0.925. The van der Waals surface area contributed by atoms with E-state index in [4.69, 9.17) is 5.11 Å². The van der Waals surface area contributed by atoms with Gasteiger partial charge in [0.2, 0.25) is 0 Å². The van der Waals surface area contributed by atoms with E-state index in [1.54, 1.807) is 18.2 Å². The Morgan fingerprint density at radius 3 is 2.80 bits per heavy atom. The lowest BCUT2D eigenvalue weighted by Gasteiger charge is -1.96. The molecule has 98 valence electrons. The molecule has 3 rings (SSSR count). The number of nitrogens with one attached hydrogen (secondary N) is 1. The predicted molar refractivity (Wildman–Crippen MR) is 78.4 cm³/mol. The zero-order valence-electron chi connectivity index (χ0n) is 10.6. The van der Waals surface area contributed by atoms with E-state index >= 15 is 0 Å². The molecule has 0 fully saturated rings. The van der Waals surface area contributed by atoms with Crippen LogP contribution in [0.25, 0.3) is 23.1 Å². The lowest BCUT2D eigenvalue weighted by molar-refractivity contribution is 0.0697. The first-order chi connectivity index (χ1) is 9.74. The van der Waals surface area contributed by atoms with E-state index in [0.29, 0.717) is 0 Å². The number of para-hydroxylation sites is 1. The first-order valence-corrected chi connectivity index (χ1v) is 6.18. The molecule has 0 radical (unpaired) electrons. The van der Waals surface area contributed by atoms with Crippen molar-refractivity contribution in [1.29, 1.82) is 0 Å². The number of H-pyrrole nitrogens is 1. The first-order valence-electron chi connectivity index (χ1n) is 6.18. The van der Waals surface area contributed by atoms with Crippen LogP contribution >= 0.6 is 0 Å². The highest BCUT2D eigenvalue weighted by atomic mass is 16.4. The minimum atomic E-state index is -0.925. The Bertz CT molecular complexity index is 803. The second kappa shape index (κ2) is 5.01. The number of hydrogen-bond acceptors (Lipinski definition) is 2. The highest BCUT2D eigenvalue weighted by molar-refractivity contribution is 5.91. The van der Waals surface area contributed by atoms with Gasteiger partial charge in [-0.15, -0.1) is 0 Å². The van der Waals surface area contributed by atoms with Crippen LogP contribution in [0.15, 0.2) is 48.5 Å². The number of hydrogen-bond donors (Lipinski definition) is 2. The Balaban J connectivity index is 1.94. The zero-order valence-corrected chi connectivity index (χ0v) is 10.6. The summed E-state index contributed by atoms with van der Waals surface area (Å²) >= 11 is 0. The summed E-state index contributed by atoms with van der Waals surface area (Å²) in [5, 5.41) is 17.2. The Kier molecular flexibility index (Phi) is 3.05. The number of carbonyl (C=O) groups is 1. The Morgan fingerprint density at radius 1 is 1.10 bits per heavy atom. The van der Waals surface area contributed by atoms with Crippen LogP contribution in [0.1, 0.15) is 21.6 Å². The van der Waals surface area contributed by atoms with Gasteiger partial charge in [-0.1, -0.05) is 36.4 Å². The summed E-state index contributed by atoms with van der Waals surface area (Å²) in [6.07, 6.45) is 3.73. The van der Waals surface area contributed by atoms with Gasteiger partial charge in [0.15, 0.2) is 0 Å². The highest BCUT2D eigenvalue weighted by Gasteiger charge is 2.03. The number of rotatable bonds is 3. The standard InChI is InChI=1S/C16H12N2O2/c19-16(20)12-5-3-4-11(10-12)8-9-15-13-6-1-2-7-14(13)17-18-15/h1-10H,(H,17,18)(H,19,20). The first kappa shape index (κ1) is 12.2. The third-order valence-electron chi connectivity index (χ3n) is 3.07. The minimum Gasteiger partial charge on any atom is -0.478 e. The monoisotopic (exact) mass is 264 g/mol. The summed E-state index contributed by atoms with van der Waals surface area (Å²) in [4.78, 5) is 10.9. The fourth-order valence-electron chi connectivity index (χ4n) is 2.06. The molecule has 20 heavy (non-hydrogen) atoms. The number of carboxylic acids is 1. The molecule has 1 aromatic heterocycles. The maximum atomic E-state index is 10.9. The molecular formula is C16H12N2O2. The Hall–Kier alpha value is -2.88. The molecule has 0 aliphatic rings. The summed E-state index contributed by atoms with van der Waals surface area (Å²) in [6, 6.07) is 14.7. The molecule has 0 aliphatic carbocycles. The molecule has 0 atom stereocenters. The van der Waals surface area contributed by atoms with E-state index in [1.807, 2.05) is 42.5 Å². The maximum Gasteiger partial charge on any atom is 0.335 e. The average Bonchev–Trinajstić information content (AvgIpc) is 2.89. The summed E-state index contributed by atoms with van der Waals surface area (Å²) in [7, 11) is 0. The van der Waals surface area contributed by atoms with Crippen LogP contribution in [0.2, 0.25) is 0 Å². The quantitative estimate of drug-likeness (QED) is 0.761. The zero-order chi connectivity index (χ0) is 13.9. The maximum absolute atomic E-state index is 10.9. The van der Waals surface area contributed by atoms with Gasteiger partial charge in [-0.2, -0.15) is 5.10 Å². The van der Waals surface area contributed by atoms with Gasteiger partial charge in [-0.05, 0) is 29.8 Å². The van der Waals surface area contributed by atoms with Gasteiger partial charge in [0, 0.05) is 5.39 Å². The lowest BCUT2D eigenvalue weighted by Crippen LogP contribution is -1.95. The van der Waals surface area contributed by atoms with E-state index in [-0.39, 0.29) is 5.56 Å². The lowest BCUT2D eigenvalue weighted by atomic mass is 10.1. The molecule has 2 aromatic carbocycles. The second-order valence-corrected chi connectivity index (χ2v) is 4.42. The van der Waals surface area contributed by atoms with Crippen LogP contribution in [0.4, 0.5) is 0 Å². The van der Waals surface area contributed by atoms with Crippen molar-refractivity contribution in [1.82, 2.24) is 10.2 Å². The molecule has 0 amide bonds. The number of aromatic nitrogens is 2. The van der Waals surface area contributed by atoms with E-state index < -0.39 is 5.97 Å². The van der Waals surface area contributed by atoms with Crippen molar-refractivity contribution in [2.75, 3.05) is 0 Å². The van der Waals surface area contributed by atoms with Crippen LogP contribution in [0, 0.1) is 0 Å². The van der Waals surface area contributed by atoms with Gasteiger partial charge in [0.05, 0.1) is 16.8 Å². The van der Waals surface area contributed by atoms with Crippen LogP contribution in [-0.2, 0) is 0 Å². The molecule has 0 saturated carbocycles. The van der Waals surface area contributed by atoms with E-state index in [1.165, 1.54) is 0 Å². The van der Waals surface area contributed by atoms with Crippen molar-refractivity contribution in [3.8, 4) is 0 Å². The van der Waals surface area contributed by atoms with Crippen LogP contribution in [0.5, 0.6) is 0 Å². The van der Waals surface area contributed by atoms with Crippen LogP contribution < -0.4 is 0 Å². The molecule has 0 unspecified atom stereocenters. The smallest absolute Gasteiger partial charge is 0.335 e. The molecule has 3 aromatic rings. The van der Waals surface area contributed by atoms with E-state index in [0.717, 1.165) is 22.2 Å². The summed E-state index contributed by atoms with van der Waals surface area (Å²) < 4.78 is 0. The molecule has 0 aliphatic heterocycles. The van der Waals surface area contributed by atoms with Crippen LogP contribution in [0.3, 0.4) is 0 Å². The van der Waals surface area contributed by atoms with Gasteiger partial charge in [-0.25, -0.2) is 4.79 Å². The van der Waals surface area contributed by atoms with Gasteiger partial charge >= 0.3 is 5.97 Å². The Morgan fingerprint density at radius 2 is 1.95 bits per heavy atom. The molecule has 0 saturated heterocycles. The third kappa shape index (κ3) is 2.31. The number of benzene rings is 2. The average molecular weight is 264 g/mol. The van der Waals surface area contributed by atoms with Gasteiger partial charge in [0.1, 0.15) is 0 Å².